The van der Waals surface area contributed by atoms with Gasteiger partial charge in [-0.3, -0.25) is 14.4 Å². The van der Waals surface area contributed by atoms with Crippen molar-refractivity contribution in [3.05, 3.63) is 29.8 Å². The van der Waals surface area contributed by atoms with Crippen LogP contribution in [0.4, 0.5) is 5.69 Å². The van der Waals surface area contributed by atoms with Crippen LogP contribution in [0.1, 0.15) is 12.5 Å². The largest absolute Gasteiger partial charge is 0.368 e. The van der Waals surface area contributed by atoms with Crippen LogP contribution in [0.3, 0.4) is 0 Å². The fraction of sp³-hybridized carbons (Fsp3) is 0.357. The fourth-order valence-corrected chi connectivity index (χ4v) is 2.14. The maximum Gasteiger partial charge on any atom is 0.236 e. The third-order valence-corrected chi connectivity index (χ3v) is 3.75. The lowest BCUT2D eigenvalue weighted by Crippen LogP contribution is -2.37. The molecule has 0 unspecified atom stereocenters. The second kappa shape index (κ2) is 8.31. The van der Waals surface area contributed by atoms with Crippen LogP contribution in [-0.2, 0) is 14.4 Å². The van der Waals surface area contributed by atoms with Crippen molar-refractivity contribution in [3.63, 3.8) is 0 Å². The fourth-order valence-electron chi connectivity index (χ4n) is 1.43. The predicted molar refractivity (Wildman–Crippen MR) is 83.9 cm³/mol. The van der Waals surface area contributed by atoms with Gasteiger partial charge in [-0.05, 0) is 26.0 Å². The summed E-state index contributed by atoms with van der Waals surface area (Å²) in [4.78, 5) is 33.9. The highest BCUT2D eigenvalue weighted by Crippen LogP contribution is 2.13. The summed E-state index contributed by atoms with van der Waals surface area (Å²) in [6.07, 6.45) is 0. The molecule has 21 heavy (non-hydrogen) atoms. The Bertz CT molecular complexity index is 517. The highest BCUT2D eigenvalue weighted by molar-refractivity contribution is 8.01. The zero-order valence-corrected chi connectivity index (χ0v) is 12.8. The molecule has 0 fully saturated rings. The summed E-state index contributed by atoms with van der Waals surface area (Å²) in [6.45, 7) is 3.44. The first-order valence-corrected chi connectivity index (χ1v) is 7.47. The minimum atomic E-state index is -0.599. The Morgan fingerprint density at radius 1 is 1.24 bits per heavy atom. The first kappa shape index (κ1) is 17.0. The Labute approximate surface area is 127 Å². The number of aryl methyl sites for hydroxylation is 1. The zero-order chi connectivity index (χ0) is 15.8. The molecule has 1 atom stereocenters. The minimum Gasteiger partial charge on any atom is -0.368 e. The quantitative estimate of drug-likeness (QED) is 0.688. The van der Waals surface area contributed by atoms with Gasteiger partial charge >= 0.3 is 0 Å². The summed E-state index contributed by atoms with van der Waals surface area (Å²) in [5, 5.41) is 4.71. The molecule has 114 valence electrons. The number of carbonyl (C=O) groups excluding carboxylic acids is 3. The predicted octanol–water partition coefficient (Wildman–Crippen LogP) is 0.657. The van der Waals surface area contributed by atoms with Crippen molar-refractivity contribution in [1.82, 2.24) is 5.32 Å². The molecule has 0 heterocycles. The van der Waals surface area contributed by atoms with E-state index in [0.717, 1.165) is 11.3 Å². The topological polar surface area (TPSA) is 101 Å². The number of primary amides is 1. The van der Waals surface area contributed by atoms with Gasteiger partial charge in [0.25, 0.3) is 0 Å². The van der Waals surface area contributed by atoms with Crippen molar-refractivity contribution < 1.29 is 14.4 Å². The summed E-state index contributed by atoms with van der Waals surface area (Å²) in [7, 11) is 0. The van der Waals surface area contributed by atoms with Crippen LogP contribution in [0.5, 0.6) is 0 Å². The molecule has 0 aromatic heterocycles. The standard InChI is InChI=1S/C14H19N3O3S/c1-9-3-5-11(6-4-9)17-13(19)8-21-10(2)14(20)16-7-12(15)18/h3-6,10H,7-8H2,1-2H3,(H2,15,18)(H,16,20)(H,17,19)/t10-/m1/s1. The summed E-state index contributed by atoms with van der Waals surface area (Å²) in [5.74, 6) is -0.947. The van der Waals surface area contributed by atoms with Gasteiger partial charge < -0.3 is 16.4 Å². The van der Waals surface area contributed by atoms with Gasteiger partial charge in [0.1, 0.15) is 0 Å². The molecule has 0 saturated carbocycles. The second-order valence-corrected chi connectivity index (χ2v) is 5.88. The number of benzene rings is 1. The van der Waals surface area contributed by atoms with E-state index < -0.39 is 11.2 Å². The van der Waals surface area contributed by atoms with Gasteiger partial charge in [0.15, 0.2) is 0 Å². The number of nitrogens with one attached hydrogen (secondary N) is 2. The number of nitrogens with two attached hydrogens (primary N) is 1. The first-order valence-electron chi connectivity index (χ1n) is 6.42. The average Bonchev–Trinajstić information content (AvgIpc) is 2.44. The Morgan fingerprint density at radius 2 is 1.86 bits per heavy atom. The minimum absolute atomic E-state index is 0.152. The van der Waals surface area contributed by atoms with E-state index in [4.69, 9.17) is 5.73 Å². The Kier molecular flexibility index (Phi) is 6.74. The smallest absolute Gasteiger partial charge is 0.236 e. The SMILES string of the molecule is Cc1ccc(NC(=O)CS[C@H](C)C(=O)NCC(N)=O)cc1. The normalized spacial score (nSPS) is 11.5. The summed E-state index contributed by atoms with van der Waals surface area (Å²) in [5.41, 5.74) is 6.77. The Balaban J connectivity index is 2.33. The van der Waals surface area contributed by atoms with Crippen molar-refractivity contribution in [2.24, 2.45) is 5.73 Å². The van der Waals surface area contributed by atoms with E-state index in [1.54, 1.807) is 6.92 Å². The monoisotopic (exact) mass is 309 g/mol. The van der Waals surface area contributed by atoms with E-state index in [1.165, 1.54) is 11.8 Å². The van der Waals surface area contributed by atoms with E-state index in [-0.39, 0.29) is 24.1 Å². The third-order valence-electron chi connectivity index (χ3n) is 2.61. The number of anilines is 1. The molecule has 1 aromatic carbocycles. The molecule has 0 saturated heterocycles. The van der Waals surface area contributed by atoms with Crippen LogP contribution < -0.4 is 16.4 Å². The zero-order valence-electron chi connectivity index (χ0n) is 12.0. The van der Waals surface area contributed by atoms with Gasteiger partial charge in [-0.15, -0.1) is 11.8 Å². The van der Waals surface area contributed by atoms with Crippen molar-refractivity contribution >= 4 is 35.2 Å². The first-order chi connectivity index (χ1) is 9.88. The van der Waals surface area contributed by atoms with Crippen LogP contribution in [0.25, 0.3) is 0 Å². The molecule has 0 radical (unpaired) electrons. The highest BCUT2D eigenvalue weighted by atomic mass is 32.2. The number of rotatable bonds is 7. The van der Waals surface area contributed by atoms with E-state index in [0.29, 0.717) is 0 Å². The number of hydrogen-bond donors (Lipinski definition) is 3. The molecule has 1 aromatic rings. The molecular formula is C14H19N3O3S. The average molecular weight is 309 g/mol. The van der Waals surface area contributed by atoms with Crippen LogP contribution >= 0.6 is 11.8 Å². The number of carbonyl (C=O) groups is 3. The summed E-state index contributed by atoms with van der Waals surface area (Å²) in [6, 6.07) is 7.45. The Hall–Kier alpha value is -2.02. The van der Waals surface area contributed by atoms with Gasteiger partial charge in [-0.25, -0.2) is 0 Å². The van der Waals surface area contributed by atoms with Crippen molar-refractivity contribution in [1.29, 1.82) is 0 Å². The van der Waals surface area contributed by atoms with Crippen LogP contribution in [0, 0.1) is 6.92 Å². The van der Waals surface area contributed by atoms with Crippen molar-refractivity contribution in [3.8, 4) is 0 Å². The van der Waals surface area contributed by atoms with Crippen LogP contribution in [0.15, 0.2) is 24.3 Å². The third kappa shape index (κ3) is 6.80. The van der Waals surface area contributed by atoms with E-state index >= 15 is 0 Å². The molecule has 0 aliphatic heterocycles. The van der Waals surface area contributed by atoms with Gasteiger partial charge in [0.05, 0.1) is 17.5 Å². The lowest BCUT2D eigenvalue weighted by molar-refractivity contribution is -0.124. The van der Waals surface area contributed by atoms with Gasteiger partial charge in [-0.1, -0.05) is 17.7 Å². The van der Waals surface area contributed by atoms with E-state index in [2.05, 4.69) is 10.6 Å². The lowest BCUT2D eigenvalue weighted by Gasteiger charge is -2.11. The van der Waals surface area contributed by atoms with Gasteiger partial charge in [0, 0.05) is 5.69 Å². The van der Waals surface area contributed by atoms with Gasteiger partial charge in [-0.2, -0.15) is 0 Å². The van der Waals surface area contributed by atoms with E-state index in [9.17, 15) is 14.4 Å². The number of thioether (sulfide) groups is 1. The van der Waals surface area contributed by atoms with Crippen molar-refractivity contribution in [2.75, 3.05) is 17.6 Å². The molecule has 4 N–H and O–H groups in total. The lowest BCUT2D eigenvalue weighted by atomic mass is 10.2. The van der Waals surface area contributed by atoms with Crippen LogP contribution in [-0.4, -0.2) is 35.3 Å². The van der Waals surface area contributed by atoms with Gasteiger partial charge in [0.2, 0.25) is 17.7 Å². The maximum absolute atomic E-state index is 11.8. The van der Waals surface area contributed by atoms with Crippen LogP contribution in [0.2, 0.25) is 0 Å². The highest BCUT2D eigenvalue weighted by Gasteiger charge is 2.15. The second-order valence-electron chi connectivity index (χ2n) is 4.55. The molecule has 6 nitrogen and oxygen atoms in total. The molecular weight excluding hydrogens is 290 g/mol. The molecule has 7 heteroatoms. The summed E-state index contributed by atoms with van der Waals surface area (Å²) < 4.78 is 0. The summed E-state index contributed by atoms with van der Waals surface area (Å²) >= 11 is 1.19. The Morgan fingerprint density at radius 3 is 2.43 bits per heavy atom. The maximum atomic E-state index is 11.8. The molecule has 0 bridgehead atoms. The molecule has 0 aliphatic rings. The molecule has 0 aliphatic carbocycles. The molecule has 3 amide bonds. The van der Waals surface area contributed by atoms with Crippen molar-refractivity contribution in [2.45, 2.75) is 19.1 Å². The van der Waals surface area contributed by atoms with E-state index in [1.807, 2.05) is 31.2 Å². The molecule has 0 spiro atoms. The number of hydrogen-bond acceptors (Lipinski definition) is 4. The molecule has 1 rings (SSSR count). The number of amides is 3.